The third-order valence-electron chi connectivity index (χ3n) is 3.53. The average Bonchev–Trinajstić information content (AvgIpc) is 3.11. The van der Waals surface area contributed by atoms with Crippen LogP contribution in [0.15, 0.2) is 53.9 Å². The normalized spacial score (nSPS) is 10.2. The van der Waals surface area contributed by atoms with Crippen LogP contribution in [-0.2, 0) is 0 Å². The zero-order chi connectivity index (χ0) is 18.4. The van der Waals surface area contributed by atoms with E-state index >= 15 is 0 Å². The Labute approximate surface area is 155 Å². The summed E-state index contributed by atoms with van der Waals surface area (Å²) in [5.41, 5.74) is 2.44. The number of anilines is 2. The van der Waals surface area contributed by atoms with Gasteiger partial charge in [-0.15, -0.1) is 11.3 Å². The second kappa shape index (κ2) is 8.35. The Morgan fingerprint density at radius 3 is 2.38 bits per heavy atom. The minimum Gasteiger partial charge on any atom is -0.497 e. The van der Waals surface area contributed by atoms with Crippen molar-refractivity contribution < 1.29 is 14.3 Å². The van der Waals surface area contributed by atoms with Crippen molar-refractivity contribution in [1.82, 2.24) is 4.98 Å². The molecule has 26 heavy (non-hydrogen) atoms. The van der Waals surface area contributed by atoms with E-state index in [1.807, 2.05) is 36.6 Å². The first-order chi connectivity index (χ1) is 12.7. The van der Waals surface area contributed by atoms with Crippen molar-refractivity contribution in [1.29, 1.82) is 0 Å². The lowest BCUT2D eigenvalue weighted by atomic mass is 10.2. The number of methoxy groups -OCH3 is 1. The van der Waals surface area contributed by atoms with Gasteiger partial charge >= 0.3 is 6.03 Å². The minimum atomic E-state index is -0.345. The SMILES string of the molecule is CCOc1ccc(-c2csc(NC(=O)Nc3ccc(OC)cc3)n2)cc1. The Bertz CT molecular complexity index is 860. The molecule has 1 heterocycles. The number of thiazole rings is 1. The summed E-state index contributed by atoms with van der Waals surface area (Å²) in [5, 5.41) is 7.93. The number of nitrogens with one attached hydrogen (secondary N) is 2. The molecule has 0 aliphatic rings. The summed E-state index contributed by atoms with van der Waals surface area (Å²) < 4.78 is 10.5. The molecule has 0 aliphatic carbocycles. The summed E-state index contributed by atoms with van der Waals surface area (Å²) in [6, 6.07) is 14.5. The lowest BCUT2D eigenvalue weighted by Crippen LogP contribution is -2.19. The first-order valence-corrected chi connectivity index (χ1v) is 8.96. The number of carbonyl (C=O) groups is 1. The van der Waals surface area contributed by atoms with Gasteiger partial charge < -0.3 is 14.8 Å². The maximum absolute atomic E-state index is 12.1. The Hall–Kier alpha value is -3.06. The molecule has 0 saturated heterocycles. The van der Waals surface area contributed by atoms with E-state index in [4.69, 9.17) is 9.47 Å². The van der Waals surface area contributed by atoms with E-state index in [-0.39, 0.29) is 6.03 Å². The third kappa shape index (κ3) is 4.52. The van der Waals surface area contributed by atoms with Gasteiger partial charge in [0.05, 0.1) is 19.4 Å². The van der Waals surface area contributed by atoms with Gasteiger partial charge in [0.1, 0.15) is 11.5 Å². The van der Waals surface area contributed by atoms with Crippen LogP contribution in [0.2, 0.25) is 0 Å². The van der Waals surface area contributed by atoms with Crippen molar-refractivity contribution in [3.63, 3.8) is 0 Å². The van der Waals surface area contributed by atoms with Crippen LogP contribution in [0.3, 0.4) is 0 Å². The second-order valence-electron chi connectivity index (χ2n) is 5.30. The van der Waals surface area contributed by atoms with Crippen molar-refractivity contribution in [2.45, 2.75) is 6.92 Å². The van der Waals surface area contributed by atoms with Gasteiger partial charge in [-0.25, -0.2) is 9.78 Å². The molecular weight excluding hydrogens is 350 g/mol. The standard InChI is InChI=1S/C19H19N3O3S/c1-3-25-16-8-4-13(5-9-16)17-12-26-19(21-17)22-18(23)20-14-6-10-15(24-2)11-7-14/h4-12H,3H2,1-2H3,(H2,20,21,22,23). The Balaban J connectivity index is 1.61. The molecule has 6 nitrogen and oxygen atoms in total. The molecule has 7 heteroatoms. The number of nitrogens with zero attached hydrogens (tertiary/aromatic N) is 1. The molecule has 0 bridgehead atoms. The lowest BCUT2D eigenvalue weighted by molar-refractivity contribution is 0.262. The molecule has 0 radical (unpaired) electrons. The molecular formula is C19H19N3O3S. The van der Waals surface area contributed by atoms with Gasteiger partial charge in [-0.2, -0.15) is 0 Å². The number of hydrogen-bond acceptors (Lipinski definition) is 5. The largest absolute Gasteiger partial charge is 0.497 e. The quantitative estimate of drug-likeness (QED) is 0.651. The number of amides is 2. The highest BCUT2D eigenvalue weighted by Gasteiger charge is 2.08. The maximum atomic E-state index is 12.1. The molecule has 2 N–H and O–H groups in total. The summed E-state index contributed by atoms with van der Waals surface area (Å²) in [5.74, 6) is 1.56. The molecule has 134 valence electrons. The summed E-state index contributed by atoms with van der Waals surface area (Å²) in [7, 11) is 1.60. The molecule has 1 aromatic heterocycles. The number of rotatable bonds is 6. The topological polar surface area (TPSA) is 72.5 Å². The lowest BCUT2D eigenvalue weighted by Gasteiger charge is -2.06. The van der Waals surface area contributed by atoms with Gasteiger partial charge in [0.15, 0.2) is 5.13 Å². The Morgan fingerprint density at radius 2 is 1.73 bits per heavy atom. The predicted molar refractivity (Wildman–Crippen MR) is 104 cm³/mol. The van der Waals surface area contributed by atoms with Gasteiger partial charge in [0.25, 0.3) is 0 Å². The van der Waals surface area contributed by atoms with E-state index in [2.05, 4.69) is 15.6 Å². The number of ether oxygens (including phenoxy) is 2. The maximum Gasteiger partial charge on any atom is 0.325 e. The molecule has 0 saturated carbocycles. The Kier molecular flexibility index (Phi) is 5.70. The zero-order valence-electron chi connectivity index (χ0n) is 14.5. The molecule has 0 atom stereocenters. The molecule has 2 aromatic carbocycles. The van der Waals surface area contributed by atoms with E-state index < -0.39 is 0 Å². The molecule has 0 unspecified atom stereocenters. The summed E-state index contributed by atoms with van der Waals surface area (Å²) in [6.07, 6.45) is 0. The van der Waals surface area contributed by atoms with E-state index in [0.29, 0.717) is 17.4 Å². The van der Waals surface area contributed by atoms with E-state index in [1.54, 1.807) is 31.4 Å². The van der Waals surface area contributed by atoms with Crippen LogP contribution >= 0.6 is 11.3 Å². The van der Waals surface area contributed by atoms with Crippen LogP contribution < -0.4 is 20.1 Å². The molecule has 0 aliphatic heterocycles. The van der Waals surface area contributed by atoms with E-state index in [9.17, 15) is 4.79 Å². The first-order valence-electron chi connectivity index (χ1n) is 8.08. The fourth-order valence-corrected chi connectivity index (χ4v) is 3.00. The van der Waals surface area contributed by atoms with E-state index in [0.717, 1.165) is 22.8 Å². The number of benzene rings is 2. The van der Waals surface area contributed by atoms with Gasteiger partial charge in [0, 0.05) is 16.6 Å². The smallest absolute Gasteiger partial charge is 0.325 e. The third-order valence-corrected chi connectivity index (χ3v) is 4.29. The summed E-state index contributed by atoms with van der Waals surface area (Å²) >= 11 is 1.37. The van der Waals surface area contributed by atoms with Crippen LogP contribution in [0, 0.1) is 0 Å². The van der Waals surface area contributed by atoms with Crippen LogP contribution in [0.5, 0.6) is 11.5 Å². The van der Waals surface area contributed by atoms with Crippen molar-refractivity contribution in [2.24, 2.45) is 0 Å². The van der Waals surface area contributed by atoms with Gasteiger partial charge in [-0.1, -0.05) is 0 Å². The van der Waals surface area contributed by atoms with Crippen LogP contribution in [0.25, 0.3) is 11.3 Å². The summed E-state index contributed by atoms with van der Waals surface area (Å²) in [6.45, 7) is 2.58. The first kappa shape index (κ1) is 17.8. The van der Waals surface area contributed by atoms with Crippen LogP contribution in [0.4, 0.5) is 15.6 Å². The highest BCUT2D eigenvalue weighted by Crippen LogP contribution is 2.26. The van der Waals surface area contributed by atoms with Crippen molar-refractivity contribution in [2.75, 3.05) is 24.4 Å². The molecule has 0 spiro atoms. The van der Waals surface area contributed by atoms with Gasteiger partial charge in [-0.3, -0.25) is 5.32 Å². The van der Waals surface area contributed by atoms with Gasteiger partial charge in [0.2, 0.25) is 0 Å². The van der Waals surface area contributed by atoms with Crippen molar-refractivity contribution in [3.05, 3.63) is 53.9 Å². The molecule has 3 rings (SSSR count). The Morgan fingerprint density at radius 1 is 1.04 bits per heavy atom. The molecule has 0 fully saturated rings. The van der Waals surface area contributed by atoms with Crippen LogP contribution in [-0.4, -0.2) is 24.7 Å². The van der Waals surface area contributed by atoms with Crippen LogP contribution in [0.1, 0.15) is 6.92 Å². The highest BCUT2D eigenvalue weighted by molar-refractivity contribution is 7.14. The number of carbonyl (C=O) groups excluding carboxylic acids is 1. The van der Waals surface area contributed by atoms with E-state index in [1.165, 1.54) is 11.3 Å². The zero-order valence-corrected chi connectivity index (χ0v) is 15.3. The van der Waals surface area contributed by atoms with Gasteiger partial charge in [-0.05, 0) is 55.5 Å². The molecule has 3 aromatic rings. The highest BCUT2D eigenvalue weighted by atomic mass is 32.1. The number of hydrogen-bond donors (Lipinski definition) is 2. The number of urea groups is 1. The molecule has 2 amide bonds. The second-order valence-corrected chi connectivity index (χ2v) is 6.16. The number of aromatic nitrogens is 1. The minimum absolute atomic E-state index is 0.345. The monoisotopic (exact) mass is 369 g/mol. The fraction of sp³-hybridized carbons (Fsp3) is 0.158. The predicted octanol–water partition coefficient (Wildman–Crippen LogP) is 4.86. The van der Waals surface area contributed by atoms with Crippen molar-refractivity contribution >= 4 is 28.2 Å². The average molecular weight is 369 g/mol. The summed E-state index contributed by atoms with van der Waals surface area (Å²) in [4.78, 5) is 16.5. The fourth-order valence-electron chi connectivity index (χ4n) is 2.29. The van der Waals surface area contributed by atoms with Crippen molar-refractivity contribution in [3.8, 4) is 22.8 Å².